The van der Waals surface area contributed by atoms with E-state index in [9.17, 15) is 0 Å². The van der Waals surface area contributed by atoms with Gasteiger partial charge in [0.05, 0.1) is 6.54 Å². The molecule has 0 spiro atoms. The number of hydrogen-bond acceptors (Lipinski definition) is 4. The summed E-state index contributed by atoms with van der Waals surface area (Å²) < 4.78 is 5.41. The van der Waals surface area contributed by atoms with Crippen molar-refractivity contribution >= 4 is 0 Å². The summed E-state index contributed by atoms with van der Waals surface area (Å²) in [6, 6.07) is 9.87. The minimum absolute atomic E-state index is 0.319. The first-order valence-corrected chi connectivity index (χ1v) is 7.41. The zero-order valence-corrected chi connectivity index (χ0v) is 11.9. The number of hydrogen-bond donors (Lipinski definition) is 0. The predicted molar refractivity (Wildman–Crippen MR) is 75.1 cm³/mol. The van der Waals surface area contributed by atoms with Gasteiger partial charge >= 0.3 is 0 Å². The molecule has 0 saturated carbocycles. The van der Waals surface area contributed by atoms with E-state index in [2.05, 4.69) is 53.2 Å². The minimum atomic E-state index is 0.319. The van der Waals surface area contributed by atoms with Crippen LogP contribution in [-0.2, 0) is 6.54 Å². The lowest BCUT2D eigenvalue weighted by Crippen LogP contribution is -2.19. The molecule has 0 amide bonds. The van der Waals surface area contributed by atoms with Crippen molar-refractivity contribution < 1.29 is 4.52 Å². The summed E-state index contributed by atoms with van der Waals surface area (Å²) in [5.41, 5.74) is 2.99. The molecule has 1 aromatic carbocycles. The molecule has 3 heterocycles. The van der Waals surface area contributed by atoms with Crippen molar-refractivity contribution in [1.82, 2.24) is 15.0 Å². The van der Waals surface area contributed by atoms with Crippen LogP contribution in [0.15, 0.2) is 28.8 Å². The second kappa shape index (κ2) is 4.42. The molecule has 1 aromatic heterocycles. The summed E-state index contributed by atoms with van der Waals surface area (Å²) >= 11 is 0. The Bertz CT molecular complexity index is 603. The third-order valence-corrected chi connectivity index (χ3v) is 4.55. The Morgan fingerprint density at radius 1 is 1.20 bits per heavy atom. The summed E-state index contributed by atoms with van der Waals surface area (Å²) in [5.74, 6) is 1.88. The van der Waals surface area contributed by atoms with Gasteiger partial charge in [-0.15, -0.1) is 0 Å². The monoisotopic (exact) mass is 269 g/mol. The summed E-state index contributed by atoms with van der Waals surface area (Å²) in [7, 11) is 0. The zero-order chi connectivity index (χ0) is 13.7. The molecular formula is C16H19N3O. The van der Waals surface area contributed by atoms with Gasteiger partial charge in [-0.25, -0.2) is 0 Å². The lowest BCUT2D eigenvalue weighted by molar-refractivity contribution is 0.184. The van der Waals surface area contributed by atoms with Gasteiger partial charge in [-0.05, 0) is 24.0 Å². The molecule has 2 unspecified atom stereocenters. The molecule has 1 fully saturated rings. The van der Waals surface area contributed by atoms with Gasteiger partial charge in [0.2, 0.25) is 5.89 Å². The van der Waals surface area contributed by atoms with Gasteiger partial charge in [-0.3, -0.25) is 4.90 Å². The number of fused-ring (bicyclic) bond motifs is 5. The van der Waals surface area contributed by atoms with E-state index in [1.165, 1.54) is 24.0 Å². The van der Waals surface area contributed by atoms with Gasteiger partial charge < -0.3 is 4.52 Å². The second-order valence-electron chi connectivity index (χ2n) is 6.11. The highest BCUT2D eigenvalue weighted by Gasteiger charge is 2.43. The van der Waals surface area contributed by atoms with E-state index in [1.807, 2.05) is 0 Å². The Balaban J connectivity index is 1.59. The van der Waals surface area contributed by atoms with E-state index in [-0.39, 0.29) is 0 Å². The Morgan fingerprint density at radius 2 is 1.85 bits per heavy atom. The summed E-state index contributed by atoms with van der Waals surface area (Å²) in [5, 5.41) is 4.06. The standard InChI is InChI=1S/C16H19N3O/c1-10(2)16-17-15(20-18-16)9-19-13-7-8-14(19)12-6-4-3-5-11(12)13/h3-6,10,13-14H,7-9H2,1-2H3. The smallest absolute Gasteiger partial charge is 0.240 e. The van der Waals surface area contributed by atoms with Crippen molar-refractivity contribution in [3.05, 3.63) is 47.1 Å². The van der Waals surface area contributed by atoms with E-state index in [1.54, 1.807) is 0 Å². The van der Waals surface area contributed by atoms with Crippen molar-refractivity contribution in [1.29, 1.82) is 0 Å². The number of benzene rings is 1. The van der Waals surface area contributed by atoms with E-state index < -0.39 is 0 Å². The maximum atomic E-state index is 5.41. The van der Waals surface area contributed by atoms with Crippen molar-refractivity contribution in [3.8, 4) is 0 Å². The number of aromatic nitrogens is 2. The largest absolute Gasteiger partial charge is 0.338 e. The van der Waals surface area contributed by atoms with E-state index in [0.717, 1.165) is 18.3 Å². The third-order valence-electron chi connectivity index (χ3n) is 4.55. The molecule has 2 aliphatic rings. The summed E-state index contributed by atoms with van der Waals surface area (Å²) in [6.45, 7) is 4.94. The van der Waals surface area contributed by atoms with Gasteiger partial charge in [0.25, 0.3) is 0 Å². The van der Waals surface area contributed by atoms with Crippen LogP contribution in [0.2, 0.25) is 0 Å². The Kier molecular flexibility index (Phi) is 2.67. The van der Waals surface area contributed by atoms with Crippen LogP contribution in [0.1, 0.15) is 67.5 Å². The molecule has 2 aromatic rings. The maximum Gasteiger partial charge on any atom is 0.240 e. The molecule has 104 valence electrons. The average molecular weight is 269 g/mol. The Labute approximate surface area is 118 Å². The van der Waals surface area contributed by atoms with E-state index in [0.29, 0.717) is 18.0 Å². The van der Waals surface area contributed by atoms with Crippen LogP contribution >= 0.6 is 0 Å². The van der Waals surface area contributed by atoms with E-state index >= 15 is 0 Å². The van der Waals surface area contributed by atoms with Gasteiger partial charge in [0.15, 0.2) is 5.82 Å². The van der Waals surface area contributed by atoms with Crippen molar-refractivity contribution in [2.24, 2.45) is 0 Å². The quantitative estimate of drug-likeness (QED) is 0.854. The van der Waals surface area contributed by atoms with Crippen LogP contribution < -0.4 is 0 Å². The first kappa shape index (κ1) is 12.1. The fraction of sp³-hybridized carbons (Fsp3) is 0.500. The van der Waals surface area contributed by atoms with Gasteiger partial charge in [0, 0.05) is 18.0 Å². The van der Waals surface area contributed by atoms with Crippen molar-refractivity contribution in [3.63, 3.8) is 0 Å². The number of rotatable bonds is 3. The van der Waals surface area contributed by atoms with Crippen molar-refractivity contribution in [2.45, 2.75) is 51.2 Å². The Hall–Kier alpha value is -1.68. The lowest BCUT2D eigenvalue weighted by atomic mass is 9.92. The highest BCUT2D eigenvalue weighted by molar-refractivity contribution is 5.39. The van der Waals surface area contributed by atoms with Crippen LogP contribution in [0.4, 0.5) is 0 Å². The SMILES string of the molecule is CC(C)c1noc(CN2C3CCC2c2ccccc23)n1. The van der Waals surface area contributed by atoms with Crippen molar-refractivity contribution in [2.75, 3.05) is 0 Å². The maximum absolute atomic E-state index is 5.41. The van der Waals surface area contributed by atoms with Crippen LogP contribution in [-0.4, -0.2) is 15.0 Å². The van der Waals surface area contributed by atoms with Crippen LogP contribution in [0.3, 0.4) is 0 Å². The normalized spacial score (nSPS) is 24.6. The second-order valence-corrected chi connectivity index (χ2v) is 6.11. The molecule has 4 rings (SSSR count). The van der Waals surface area contributed by atoms with Crippen LogP contribution in [0, 0.1) is 0 Å². The lowest BCUT2D eigenvalue weighted by Gasteiger charge is -2.19. The van der Waals surface area contributed by atoms with Gasteiger partial charge in [0.1, 0.15) is 0 Å². The molecule has 2 aliphatic heterocycles. The fourth-order valence-corrected chi connectivity index (χ4v) is 3.59. The molecule has 4 nitrogen and oxygen atoms in total. The highest BCUT2D eigenvalue weighted by Crippen LogP contribution is 2.53. The number of nitrogens with zero attached hydrogens (tertiary/aromatic N) is 3. The average Bonchev–Trinajstić information content (AvgIpc) is 3.14. The predicted octanol–water partition coefficient (Wildman–Crippen LogP) is 3.58. The first-order valence-electron chi connectivity index (χ1n) is 7.41. The Morgan fingerprint density at radius 3 is 2.40 bits per heavy atom. The molecule has 4 heteroatoms. The van der Waals surface area contributed by atoms with Gasteiger partial charge in [-0.2, -0.15) is 4.98 Å². The van der Waals surface area contributed by atoms with Crippen LogP contribution in [0.5, 0.6) is 0 Å². The molecule has 0 N–H and O–H groups in total. The third kappa shape index (κ3) is 1.71. The van der Waals surface area contributed by atoms with E-state index in [4.69, 9.17) is 4.52 Å². The molecule has 0 aliphatic carbocycles. The summed E-state index contributed by atoms with van der Waals surface area (Å²) in [4.78, 5) is 7.03. The first-order chi connectivity index (χ1) is 9.74. The molecular weight excluding hydrogens is 250 g/mol. The highest BCUT2D eigenvalue weighted by atomic mass is 16.5. The zero-order valence-electron chi connectivity index (χ0n) is 11.9. The molecule has 2 atom stereocenters. The fourth-order valence-electron chi connectivity index (χ4n) is 3.59. The molecule has 1 saturated heterocycles. The summed E-state index contributed by atoms with van der Waals surface area (Å²) in [6.07, 6.45) is 2.49. The topological polar surface area (TPSA) is 42.2 Å². The molecule has 2 bridgehead atoms. The molecule has 0 radical (unpaired) electrons. The molecule has 20 heavy (non-hydrogen) atoms. The van der Waals surface area contributed by atoms with Crippen LogP contribution in [0.25, 0.3) is 0 Å². The van der Waals surface area contributed by atoms with Gasteiger partial charge in [-0.1, -0.05) is 43.3 Å². The minimum Gasteiger partial charge on any atom is -0.338 e.